The average Bonchev–Trinajstić information content (AvgIpc) is 3.05. The predicted molar refractivity (Wildman–Crippen MR) is 69.7 cm³/mol. The van der Waals surface area contributed by atoms with Crippen LogP contribution < -0.4 is 11.1 Å². The van der Waals surface area contributed by atoms with Crippen molar-refractivity contribution in [3.8, 4) is 0 Å². The Morgan fingerprint density at radius 2 is 2.32 bits per heavy atom. The lowest BCUT2D eigenvalue weighted by Crippen LogP contribution is -2.31. The van der Waals surface area contributed by atoms with Crippen LogP contribution in [0.3, 0.4) is 0 Å². The third-order valence-electron chi connectivity index (χ3n) is 2.98. The fourth-order valence-corrected chi connectivity index (χ4v) is 2.61. The molecule has 98 valence electrons. The Hall–Kier alpha value is -2.35. The van der Waals surface area contributed by atoms with Gasteiger partial charge in [0.1, 0.15) is 5.82 Å². The summed E-state index contributed by atoms with van der Waals surface area (Å²) >= 11 is 1.45. The first-order valence-electron chi connectivity index (χ1n) is 5.59. The van der Waals surface area contributed by atoms with Crippen LogP contribution in [0.5, 0.6) is 0 Å². The Bertz CT molecular complexity index is 634. The number of hydrogen-bond donors (Lipinski definition) is 3. The van der Waals surface area contributed by atoms with Gasteiger partial charge in [-0.3, -0.25) is 9.89 Å². The van der Waals surface area contributed by atoms with Crippen LogP contribution >= 0.6 is 11.3 Å². The summed E-state index contributed by atoms with van der Waals surface area (Å²) in [4.78, 5) is 24.5. The van der Waals surface area contributed by atoms with Gasteiger partial charge in [-0.25, -0.2) is 4.79 Å². The molecule has 19 heavy (non-hydrogen) atoms. The number of hydrogen-bond acceptors (Lipinski definition) is 4. The molecule has 0 spiro atoms. The molecule has 0 saturated heterocycles. The van der Waals surface area contributed by atoms with Gasteiger partial charge >= 0.3 is 6.03 Å². The van der Waals surface area contributed by atoms with Crippen molar-refractivity contribution >= 4 is 29.1 Å². The molecule has 7 nitrogen and oxygen atoms in total. The molecule has 0 bridgehead atoms. The van der Waals surface area contributed by atoms with Gasteiger partial charge in [-0.15, -0.1) is 0 Å². The molecule has 2 aromatic rings. The van der Waals surface area contributed by atoms with E-state index in [1.807, 2.05) is 5.38 Å². The highest BCUT2D eigenvalue weighted by Gasteiger charge is 2.27. The average molecular weight is 277 g/mol. The van der Waals surface area contributed by atoms with Gasteiger partial charge in [0, 0.05) is 10.9 Å². The molecule has 0 saturated carbocycles. The van der Waals surface area contributed by atoms with Crippen molar-refractivity contribution in [2.45, 2.75) is 13.1 Å². The fourth-order valence-electron chi connectivity index (χ4n) is 1.97. The maximum atomic E-state index is 11.9. The Balaban J connectivity index is 1.78. The molecule has 2 aromatic heterocycles. The number of anilines is 1. The first-order chi connectivity index (χ1) is 9.15. The summed E-state index contributed by atoms with van der Waals surface area (Å²) in [6, 6.07) is 1.25. The summed E-state index contributed by atoms with van der Waals surface area (Å²) in [6.45, 7) is 0.732. The van der Waals surface area contributed by atoms with Gasteiger partial charge < -0.3 is 16.0 Å². The number of carbonyl (C=O) groups is 2. The molecule has 1 aliphatic heterocycles. The minimum Gasteiger partial charge on any atom is -0.351 e. The van der Waals surface area contributed by atoms with Gasteiger partial charge in [-0.05, 0) is 11.4 Å². The van der Waals surface area contributed by atoms with Gasteiger partial charge in [-0.2, -0.15) is 16.4 Å². The van der Waals surface area contributed by atoms with E-state index in [0.717, 1.165) is 11.3 Å². The first-order valence-corrected chi connectivity index (χ1v) is 6.53. The second-order valence-corrected chi connectivity index (χ2v) is 4.96. The third-order valence-corrected chi connectivity index (χ3v) is 3.66. The molecule has 1 aliphatic rings. The number of primary amides is 1. The summed E-state index contributed by atoms with van der Waals surface area (Å²) in [5.74, 6) is 0.320. The summed E-state index contributed by atoms with van der Waals surface area (Å²) in [5, 5.41) is 13.2. The van der Waals surface area contributed by atoms with E-state index in [0.29, 0.717) is 24.5 Å². The van der Waals surface area contributed by atoms with Crippen molar-refractivity contribution in [3.05, 3.63) is 33.6 Å². The van der Waals surface area contributed by atoms with Gasteiger partial charge in [0.25, 0.3) is 5.91 Å². The molecule has 4 N–H and O–H groups in total. The number of nitrogens with one attached hydrogen (secondary N) is 2. The smallest absolute Gasteiger partial charge is 0.315 e. The topological polar surface area (TPSA) is 104 Å². The van der Waals surface area contributed by atoms with Gasteiger partial charge in [0.05, 0.1) is 24.3 Å². The minimum atomic E-state index is -0.492. The normalized spacial score (nSPS) is 13.4. The largest absolute Gasteiger partial charge is 0.351 e. The molecular weight excluding hydrogens is 266 g/mol. The zero-order chi connectivity index (χ0) is 13.4. The van der Waals surface area contributed by atoms with E-state index < -0.39 is 6.03 Å². The lowest BCUT2D eigenvalue weighted by Gasteiger charge is -2.11. The summed E-state index contributed by atoms with van der Waals surface area (Å²) in [7, 11) is 0. The van der Waals surface area contributed by atoms with Crippen molar-refractivity contribution in [3.63, 3.8) is 0 Å². The number of amides is 3. The Labute approximate surface area is 112 Å². The number of fused-ring (bicyclic) bond motifs is 1. The molecular formula is C11H11N5O2S. The number of aromatic nitrogens is 2. The van der Waals surface area contributed by atoms with Crippen LogP contribution in [0.25, 0.3) is 0 Å². The molecule has 0 atom stereocenters. The molecule has 0 radical (unpaired) electrons. The van der Waals surface area contributed by atoms with Crippen LogP contribution in [0.1, 0.15) is 21.6 Å². The Morgan fingerprint density at radius 1 is 1.47 bits per heavy atom. The molecule has 3 heterocycles. The van der Waals surface area contributed by atoms with Gasteiger partial charge in [0.2, 0.25) is 0 Å². The number of nitrogens with zero attached hydrogens (tertiary/aromatic N) is 2. The maximum Gasteiger partial charge on any atom is 0.315 e. The van der Waals surface area contributed by atoms with Crippen molar-refractivity contribution in [2.24, 2.45) is 5.73 Å². The van der Waals surface area contributed by atoms with Crippen molar-refractivity contribution in [2.75, 3.05) is 5.32 Å². The zero-order valence-corrected chi connectivity index (χ0v) is 10.7. The van der Waals surface area contributed by atoms with Crippen LogP contribution in [0, 0.1) is 0 Å². The number of nitrogens with two attached hydrogens (primary N) is 1. The lowest BCUT2D eigenvalue weighted by atomic mass is 10.2. The number of aromatic amines is 1. The Kier molecular flexibility index (Phi) is 2.71. The highest BCUT2D eigenvalue weighted by atomic mass is 32.1. The number of H-pyrrole nitrogens is 1. The van der Waals surface area contributed by atoms with Crippen LogP contribution in [0.15, 0.2) is 16.8 Å². The minimum absolute atomic E-state index is 0.203. The first kappa shape index (κ1) is 11.7. The molecule has 0 aromatic carbocycles. The number of carbonyl (C=O) groups excluding carboxylic acids is 2. The van der Waals surface area contributed by atoms with Crippen molar-refractivity contribution < 1.29 is 9.59 Å². The maximum absolute atomic E-state index is 11.9. The van der Waals surface area contributed by atoms with Crippen LogP contribution in [0.4, 0.5) is 10.6 Å². The van der Waals surface area contributed by atoms with E-state index in [9.17, 15) is 9.59 Å². The van der Waals surface area contributed by atoms with Crippen LogP contribution in [0.2, 0.25) is 0 Å². The molecule has 0 fully saturated rings. The van der Waals surface area contributed by atoms with E-state index in [1.54, 1.807) is 11.4 Å². The number of urea groups is 1. The summed E-state index contributed by atoms with van der Waals surface area (Å²) < 4.78 is 0. The summed E-state index contributed by atoms with van der Waals surface area (Å²) in [6.07, 6.45) is 0. The Morgan fingerprint density at radius 3 is 3.00 bits per heavy atom. The zero-order valence-electron chi connectivity index (χ0n) is 9.84. The van der Waals surface area contributed by atoms with E-state index in [1.165, 1.54) is 16.2 Å². The predicted octanol–water partition coefficient (Wildman–Crippen LogP) is 1.12. The number of rotatable bonds is 2. The van der Waals surface area contributed by atoms with Crippen molar-refractivity contribution in [1.82, 2.24) is 15.1 Å². The molecule has 0 aliphatic carbocycles. The van der Waals surface area contributed by atoms with Crippen LogP contribution in [-0.2, 0) is 13.1 Å². The second kappa shape index (κ2) is 4.39. The van der Waals surface area contributed by atoms with Crippen LogP contribution in [-0.4, -0.2) is 27.0 Å². The van der Waals surface area contributed by atoms with Crippen molar-refractivity contribution in [1.29, 1.82) is 0 Å². The third kappa shape index (κ3) is 2.06. The standard InChI is InChI=1S/C11H11N5O2S/c12-11(18)16-3-7-8(4-16)14-15-9(7)13-10(17)6-1-2-19-5-6/h1-2,5H,3-4H2,(H2,12,18)(H2,13,14,15,17). The fraction of sp³-hybridized carbons (Fsp3) is 0.182. The monoisotopic (exact) mass is 277 g/mol. The highest BCUT2D eigenvalue weighted by Crippen LogP contribution is 2.27. The lowest BCUT2D eigenvalue weighted by molar-refractivity contribution is 0.102. The van der Waals surface area contributed by atoms with E-state index >= 15 is 0 Å². The van der Waals surface area contributed by atoms with E-state index in [-0.39, 0.29) is 5.91 Å². The SMILES string of the molecule is NC(=O)N1Cc2n[nH]c(NC(=O)c3ccsc3)c2C1. The molecule has 8 heteroatoms. The molecule has 3 rings (SSSR count). The van der Waals surface area contributed by atoms with E-state index in [2.05, 4.69) is 15.5 Å². The van der Waals surface area contributed by atoms with E-state index in [4.69, 9.17) is 5.73 Å². The van der Waals surface area contributed by atoms with Gasteiger partial charge in [0.15, 0.2) is 0 Å². The molecule has 0 unspecified atom stereocenters. The quantitative estimate of drug-likeness (QED) is 0.766. The molecule has 3 amide bonds. The van der Waals surface area contributed by atoms with Gasteiger partial charge in [-0.1, -0.05) is 0 Å². The summed E-state index contributed by atoms with van der Waals surface area (Å²) in [5.41, 5.74) is 7.37. The number of thiophene rings is 1. The second-order valence-electron chi connectivity index (χ2n) is 4.18. The highest BCUT2D eigenvalue weighted by molar-refractivity contribution is 7.08.